The van der Waals surface area contributed by atoms with Crippen molar-refractivity contribution in [1.29, 1.82) is 0 Å². The van der Waals surface area contributed by atoms with E-state index in [2.05, 4.69) is 16.7 Å². The van der Waals surface area contributed by atoms with Gasteiger partial charge in [-0.1, -0.05) is 35.3 Å². The molecule has 2 aliphatic rings. The van der Waals surface area contributed by atoms with E-state index in [1.165, 1.54) is 0 Å². The summed E-state index contributed by atoms with van der Waals surface area (Å²) in [5.41, 5.74) is 3.07. The fourth-order valence-corrected chi connectivity index (χ4v) is 4.95. The predicted molar refractivity (Wildman–Crippen MR) is 111 cm³/mol. The molecule has 1 saturated heterocycles. The van der Waals surface area contributed by atoms with E-state index >= 15 is 0 Å². The average molecular weight is 392 g/mol. The van der Waals surface area contributed by atoms with Crippen LogP contribution in [0.25, 0.3) is 0 Å². The molecule has 4 rings (SSSR count). The Balaban J connectivity index is 1.68. The molecule has 130 valence electrons. The van der Waals surface area contributed by atoms with E-state index < -0.39 is 0 Å². The van der Waals surface area contributed by atoms with E-state index in [9.17, 15) is 0 Å². The van der Waals surface area contributed by atoms with Gasteiger partial charge in [-0.2, -0.15) is 11.8 Å². The van der Waals surface area contributed by atoms with Gasteiger partial charge in [-0.15, -0.1) is 0 Å². The van der Waals surface area contributed by atoms with Gasteiger partial charge < -0.3 is 10.6 Å². The van der Waals surface area contributed by atoms with Crippen LogP contribution in [-0.4, -0.2) is 22.9 Å². The minimum absolute atomic E-state index is 0.120. The molecule has 2 N–H and O–H groups in total. The molecule has 0 unspecified atom stereocenters. The highest BCUT2D eigenvalue weighted by atomic mass is 35.5. The Morgan fingerprint density at radius 3 is 2.60 bits per heavy atom. The summed E-state index contributed by atoms with van der Waals surface area (Å²) in [5, 5.41) is 8.75. The highest BCUT2D eigenvalue weighted by Gasteiger charge is 2.41. The molecule has 25 heavy (non-hydrogen) atoms. The molecule has 2 aliphatic heterocycles. The standard InChI is InChI=1S/C19H19Cl2N3S/c20-14-3-1-2-13(10-14)12-22-18-19(6-8-25-9-7-19)24-16-5-4-15(21)11-17(16)23-18/h1-5,10-11,24H,6-9,12H2,(H,22,23). The molecule has 2 aromatic rings. The maximum absolute atomic E-state index is 6.17. The average Bonchev–Trinajstić information content (AvgIpc) is 2.61. The summed E-state index contributed by atoms with van der Waals surface area (Å²) in [6, 6.07) is 13.8. The fourth-order valence-electron chi connectivity index (χ4n) is 3.37. The van der Waals surface area contributed by atoms with Crippen LogP contribution in [0.4, 0.5) is 11.4 Å². The first kappa shape index (κ1) is 17.1. The highest BCUT2D eigenvalue weighted by molar-refractivity contribution is 7.99. The number of hydrogen-bond acceptors (Lipinski definition) is 3. The lowest BCUT2D eigenvalue weighted by Gasteiger charge is -2.43. The monoisotopic (exact) mass is 391 g/mol. The van der Waals surface area contributed by atoms with Crippen molar-refractivity contribution in [2.24, 2.45) is 4.99 Å². The number of amidine groups is 1. The molecule has 1 spiro atoms. The van der Waals surface area contributed by atoms with E-state index in [1.807, 2.05) is 48.2 Å². The number of fused-ring (bicyclic) bond motifs is 1. The van der Waals surface area contributed by atoms with Crippen LogP contribution >= 0.6 is 35.0 Å². The maximum Gasteiger partial charge on any atom is 0.127 e. The van der Waals surface area contributed by atoms with Gasteiger partial charge in [-0.25, -0.2) is 0 Å². The van der Waals surface area contributed by atoms with Gasteiger partial charge in [0.1, 0.15) is 5.84 Å². The Kier molecular flexibility index (Phi) is 4.85. The molecule has 2 heterocycles. The molecule has 6 heteroatoms. The minimum Gasteiger partial charge on any atom is -0.371 e. The van der Waals surface area contributed by atoms with Crippen LogP contribution in [0, 0.1) is 0 Å². The van der Waals surface area contributed by atoms with Crippen LogP contribution in [-0.2, 0) is 6.54 Å². The molecular formula is C19H19Cl2N3S. The number of thioether (sulfide) groups is 1. The van der Waals surface area contributed by atoms with Crippen LogP contribution in [0.2, 0.25) is 10.0 Å². The number of rotatable bonds is 2. The van der Waals surface area contributed by atoms with Gasteiger partial charge in [-0.05, 0) is 60.2 Å². The fraction of sp³-hybridized carbons (Fsp3) is 0.316. The summed E-state index contributed by atoms with van der Waals surface area (Å²) in [6.07, 6.45) is 2.11. The second kappa shape index (κ2) is 7.10. The summed E-state index contributed by atoms with van der Waals surface area (Å²) in [6.45, 7) is 0.607. The second-order valence-electron chi connectivity index (χ2n) is 6.43. The third-order valence-electron chi connectivity index (χ3n) is 4.72. The molecule has 0 aliphatic carbocycles. The van der Waals surface area contributed by atoms with E-state index in [4.69, 9.17) is 28.2 Å². The Morgan fingerprint density at radius 1 is 1.00 bits per heavy atom. The first-order valence-electron chi connectivity index (χ1n) is 8.37. The zero-order valence-electron chi connectivity index (χ0n) is 13.7. The van der Waals surface area contributed by atoms with E-state index in [-0.39, 0.29) is 5.54 Å². The maximum atomic E-state index is 6.17. The molecule has 0 radical (unpaired) electrons. The number of aliphatic imine (C=N–C) groups is 1. The molecule has 0 amide bonds. The van der Waals surface area contributed by atoms with Crippen molar-refractivity contribution in [1.82, 2.24) is 0 Å². The molecule has 0 saturated carbocycles. The quantitative estimate of drug-likeness (QED) is 0.689. The van der Waals surface area contributed by atoms with Crippen LogP contribution in [0.15, 0.2) is 47.5 Å². The van der Waals surface area contributed by atoms with E-state index in [1.54, 1.807) is 0 Å². The lowest BCUT2D eigenvalue weighted by molar-refractivity contribution is 0.560. The Hall–Kier alpha value is -1.36. The van der Waals surface area contributed by atoms with Gasteiger partial charge in [-0.3, -0.25) is 4.99 Å². The predicted octanol–water partition coefficient (Wildman–Crippen LogP) is 5.70. The summed E-state index contributed by atoms with van der Waals surface area (Å²) < 4.78 is 0. The number of nitrogens with one attached hydrogen (secondary N) is 2. The zero-order chi connectivity index (χ0) is 17.3. The van der Waals surface area contributed by atoms with Crippen LogP contribution in [0.1, 0.15) is 18.4 Å². The topological polar surface area (TPSA) is 36.4 Å². The number of hydrogen-bond donors (Lipinski definition) is 2. The zero-order valence-corrected chi connectivity index (χ0v) is 16.0. The molecular weight excluding hydrogens is 373 g/mol. The Labute approximate surface area is 162 Å². The highest BCUT2D eigenvalue weighted by Crippen LogP contribution is 2.39. The van der Waals surface area contributed by atoms with Crippen molar-refractivity contribution >= 4 is 52.2 Å². The molecule has 3 nitrogen and oxygen atoms in total. The first-order chi connectivity index (χ1) is 12.1. The molecule has 0 atom stereocenters. The van der Waals surface area contributed by atoms with Crippen LogP contribution in [0.3, 0.4) is 0 Å². The molecule has 0 aromatic heterocycles. The number of anilines is 2. The summed E-state index contributed by atoms with van der Waals surface area (Å²) in [7, 11) is 0. The number of nitrogens with zero attached hydrogens (tertiary/aromatic N) is 1. The van der Waals surface area contributed by atoms with Crippen molar-refractivity contribution in [2.45, 2.75) is 24.9 Å². The largest absolute Gasteiger partial charge is 0.371 e. The van der Waals surface area contributed by atoms with Crippen molar-refractivity contribution in [3.05, 3.63) is 58.1 Å². The number of halogens is 2. The minimum atomic E-state index is -0.120. The Bertz CT molecular complexity index is 816. The first-order valence-corrected chi connectivity index (χ1v) is 10.3. The third-order valence-corrected chi connectivity index (χ3v) is 6.17. The lowest BCUT2D eigenvalue weighted by Crippen LogP contribution is -2.54. The van der Waals surface area contributed by atoms with Crippen molar-refractivity contribution in [3.8, 4) is 0 Å². The van der Waals surface area contributed by atoms with Gasteiger partial charge in [0.25, 0.3) is 0 Å². The van der Waals surface area contributed by atoms with E-state index in [0.717, 1.165) is 57.2 Å². The summed E-state index contributed by atoms with van der Waals surface area (Å²) >= 11 is 14.3. The van der Waals surface area contributed by atoms with Gasteiger partial charge in [0.05, 0.1) is 23.5 Å². The summed E-state index contributed by atoms with van der Waals surface area (Å²) in [5.74, 6) is 3.27. The van der Waals surface area contributed by atoms with Gasteiger partial charge in [0, 0.05) is 10.0 Å². The normalized spacial score (nSPS) is 20.0. The Morgan fingerprint density at radius 2 is 1.80 bits per heavy atom. The van der Waals surface area contributed by atoms with Gasteiger partial charge >= 0.3 is 0 Å². The lowest BCUT2D eigenvalue weighted by atomic mass is 9.87. The molecule has 0 bridgehead atoms. The van der Waals surface area contributed by atoms with Crippen LogP contribution < -0.4 is 10.6 Å². The van der Waals surface area contributed by atoms with Crippen LogP contribution in [0.5, 0.6) is 0 Å². The van der Waals surface area contributed by atoms with E-state index in [0.29, 0.717) is 6.54 Å². The third kappa shape index (κ3) is 3.62. The summed E-state index contributed by atoms with van der Waals surface area (Å²) in [4.78, 5) is 4.93. The SMILES string of the molecule is Clc1cccc(CN=C2Nc3cc(Cl)ccc3NC23CCSCC3)c1. The van der Waals surface area contributed by atoms with Gasteiger partial charge in [0.15, 0.2) is 0 Å². The number of benzene rings is 2. The van der Waals surface area contributed by atoms with Crippen molar-refractivity contribution in [2.75, 3.05) is 22.1 Å². The van der Waals surface area contributed by atoms with Crippen molar-refractivity contribution in [3.63, 3.8) is 0 Å². The van der Waals surface area contributed by atoms with Gasteiger partial charge in [0.2, 0.25) is 0 Å². The van der Waals surface area contributed by atoms with Crippen molar-refractivity contribution < 1.29 is 0 Å². The molecule has 1 fully saturated rings. The molecule has 2 aromatic carbocycles. The second-order valence-corrected chi connectivity index (χ2v) is 8.53. The smallest absolute Gasteiger partial charge is 0.127 e.